The maximum Gasteiger partial charge on any atom is 0.330 e. The molecule has 0 aromatic heterocycles. The fourth-order valence-corrected chi connectivity index (χ4v) is 8.31. The highest BCUT2D eigenvalue weighted by atomic mass is 16.5. The van der Waals surface area contributed by atoms with Crippen molar-refractivity contribution >= 4 is 29.9 Å². The van der Waals surface area contributed by atoms with Crippen LogP contribution in [0.4, 0.5) is 0 Å². The van der Waals surface area contributed by atoms with Crippen LogP contribution in [0.25, 0.3) is 0 Å². The number of rotatable bonds is 30. The lowest BCUT2D eigenvalue weighted by Gasteiger charge is -2.28. The number of unbranched alkanes of at least 4 members (excludes halogenated alkanes) is 6. The Hall–Kier alpha value is -5.91. The Balaban J connectivity index is 0.909. The zero-order valence-electron chi connectivity index (χ0n) is 38.6. The Morgan fingerprint density at radius 3 is 1.53 bits per heavy atom. The third-order valence-electron chi connectivity index (χ3n) is 12.4. The highest BCUT2D eigenvalue weighted by Crippen LogP contribution is 2.34. The second kappa shape index (κ2) is 28.9. The summed E-state index contributed by atoms with van der Waals surface area (Å²) in [5, 5.41) is 8.03. The summed E-state index contributed by atoms with van der Waals surface area (Å²) in [5.41, 5.74) is 1.66. The Morgan fingerprint density at radius 2 is 1.00 bits per heavy atom. The van der Waals surface area contributed by atoms with Crippen molar-refractivity contribution in [3.05, 3.63) is 103 Å². The molecule has 3 aromatic rings. The van der Waals surface area contributed by atoms with E-state index in [2.05, 4.69) is 13.2 Å². The molecule has 0 unspecified atom stereocenters. The minimum atomic E-state index is -0.392. The summed E-state index contributed by atoms with van der Waals surface area (Å²) < 4.78 is 39.8. The minimum Gasteiger partial charge on any atom is -0.494 e. The van der Waals surface area contributed by atoms with E-state index in [1.165, 1.54) is 18.4 Å². The van der Waals surface area contributed by atoms with Crippen LogP contribution in [-0.2, 0) is 35.1 Å². The lowest BCUT2D eigenvalue weighted by Crippen LogP contribution is -2.27. The molecule has 356 valence electrons. The lowest BCUT2D eigenvalue weighted by molar-refractivity contribution is -0.140. The normalized spacial score (nSPS) is 17.9. The summed E-state index contributed by atoms with van der Waals surface area (Å²) in [6.45, 7) is 9.87. The molecule has 0 radical (unpaired) electrons. The van der Waals surface area contributed by atoms with Crippen LogP contribution in [0.5, 0.6) is 28.7 Å². The molecule has 0 saturated heterocycles. The van der Waals surface area contributed by atoms with Gasteiger partial charge in [-0.1, -0.05) is 25.3 Å². The number of hydrogen-bond donors (Lipinski definition) is 1. The van der Waals surface area contributed by atoms with Gasteiger partial charge in [0.2, 0.25) is 0 Å². The van der Waals surface area contributed by atoms with E-state index < -0.39 is 5.97 Å². The van der Waals surface area contributed by atoms with Crippen LogP contribution in [0, 0.1) is 29.1 Å². The van der Waals surface area contributed by atoms with Crippen LogP contribution >= 0.6 is 0 Å². The standard InChI is InChI=1S/C54H69NO11/c1-3-52(57)62-33-11-7-5-9-31-60-46-23-17-40(18-24-46)35-50(56)43-19-13-41(14-20-43)38-64-49-29-30-51(45(36-49)37-55)65-39-42-15-21-44(22-16-42)54(59)66-48-27-25-47(26-28-48)61-32-10-6-8-12-34-63-53(58)4-2/h3-4,17-18,23-30,36-37,41-44,55H,1-2,5-16,19-22,31-35,38-39H2. The van der Waals surface area contributed by atoms with Gasteiger partial charge in [0.1, 0.15) is 34.5 Å². The highest BCUT2D eigenvalue weighted by molar-refractivity contribution is 5.84. The van der Waals surface area contributed by atoms with Crippen LogP contribution in [0.15, 0.2) is 92.0 Å². The SMILES string of the molecule is C=CC(=O)OCCCCCCOc1ccc(CC(=O)C2CCC(COc3ccc(OCC4CCC(C(=O)Oc5ccc(OCCCCCCOC(=O)C=C)cc5)CC4)c(C=N)c3)CC2)cc1. The molecule has 2 saturated carbocycles. The molecule has 2 fully saturated rings. The van der Waals surface area contributed by atoms with Gasteiger partial charge in [0.05, 0.1) is 45.6 Å². The second-order valence-electron chi connectivity index (χ2n) is 17.3. The molecule has 12 heteroatoms. The van der Waals surface area contributed by atoms with Gasteiger partial charge in [0, 0.05) is 36.3 Å². The molecule has 0 amide bonds. The van der Waals surface area contributed by atoms with Gasteiger partial charge in [-0.2, -0.15) is 0 Å². The number of carbonyl (C=O) groups excluding carboxylic acids is 4. The summed E-state index contributed by atoms with van der Waals surface area (Å²) >= 11 is 0. The molecule has 66 heavy (non-hydrogen) atoms. The van der Waals surface area contributed by atoms with Gasteiger partial charge in [0.15, 0.2) is 0 Å². The molecule has 0 heterocycles. The number of esters is 3. The highest BCUT2D eigenvalue weighted by Gasteiger charge is 2.29. The van der Waals surface area contributed by atoms with Crippen molar-refractivity contribution in [2.45, 2.75) is 109 Å². The zero-order chi connectivity index (χ0) is 46.8. The van der Waals surface area contributed by atoms with E-state index in [-0.39, 0.29) is 29.6 Å². The maximum absolute atomic E-state index is 13.2. The van der Waals surface area contributed by atoms with Crippen LogP contribution in [0.1, 0.15) is 114 Å². The van der Waals surface area contributed by atoms with E-state index in [1.54, 1.807) is 12.1 Å². The second-order valence-corrected chi connectivity index (χ2v) is 17.3. The first-order valence-electron chi connectivity index (χ1n) is 23.9. The van der Waals surface area contributed by atoms with Crippen LogP contribution in [0.3, 0.4) is 0 Å². The minimum absolute atomic E-state index is 0.0648. The number of benzene rings is 3. The molecule has 0 spiro atoms. The zero-order valence-corrected chi connectivity index (χ0v) is 38.6. The predicted octanol–water partition coefficient (Wildman–Crippen LogP) is 10.8. The van der Waals surface area contributed by atoms with E-state index in [9.17, 15) is 19.2 Å². The van der Waals surface area contributed by atoms with E-state index in [1.807, 2.05) is 54.6 Å². The molecule has 2 aliphatic carbocycles. The fourth-order valence-electron chi connectivity index (χ4n) is 8.31. The van der Waals surface area contributed by atoms with Gasteiger partial charge >= 0.3 is 17.9 Å². The van der Waals surface area contributed by atoms with Crippen molar-refractivity contribution in [3.8, 4) is 28.7 Å². The Labute approximate surface area is 390 Å². The number of ketones is 1. The Morgan fingerprint density at radius 1 is 0.530 bits per heavy atom. The molecule has 1 N–H and O–H groups in total. The van der Waals surface area contributed by atoms with Crippen molar-refractivity contribution in [2.75, 3.05) is 39.6 Å². The van der Waals surface area contributed by atoms with Crippen molar-refractivity contribution in [1.82, 2.24) is 0 Å². The third-order valence-corrected chi connectivity index (χ3v) is 12.4. The molecule has 3 aromatic carbocycles. The molecule has 0 atom stereocenters. The predicted molar refractivity (Wildman–Crippen MR) is 254 cm³/mol. The average Bonchev–Trinajstić information content (AvgIpc) is 3.35. The monoisotopic (exact) mass is 907 g/mol. The summed E-state index contributed by atoms with van der Waals surface area (Å²) in [5.74, 6) is 3.25. The molecular weight excluding hydrogens is 839 g/mol. The molecule has 0 bridgehead atoms. The van der Waals surface area contributed by atoms with Crippen LogP contribution < -0.4 is 23.7 Å². The van der Waals surface area contributed by atoms with Gasteiger partial charge in [-0.15, -0.1) is 0 Å². The summed E-state index contributed by atoms with van der Waals surface area (Å²) in [6.07, 6.45) is 18.2. The molecular formula is C54H69NO11. The first-order chi connectivity index (χ1) is 32.2. The quantitative estimate of drug-likeness (QED) is 0.0223. The number of Topliss-reactive ketones (excluding diaryl/α,β-unsaturated/α-hetero) is 1. The van der Waals surface area contributed by atoms with E-state index in [4.69, 9.17) is 38.6 Å². The van der Waals surface area contributed by atoms with E-state index >= 15 is 0 Å². The van der Waals surface area contributed by atoms with Gasteiger partial charge in [0.25, 0.3) is 0 Å². The van der Waals surface area contributed by atoms with Gasteiger partial charge in [-0.3, -0.25) is 9.59 Å². The van der Waals surface area contributed by atoms with Crippen LogP contribution in [0.2, 0.25) is 0 Å². The van der Waals surface area contributed by atoms with Gasteiger partial charge < -0.3 is 38.6 Å². The van der Waals surface area contributed by atoms with Crippen molar-refractivity contribution in [1.29, 1.82) is 5.41 Å². The Kier molecular flexibility index (Phi) is 22.4. The largest absolute Gasteiger partial charge is 0.494 e. The number of ether oxygens (including phenoxy) is 7. The average molecular weight is 908 g/mol. The molecule has 0 aliphatic heterocycles. The summed E-state index contributed by atoms with van der Waals surface area (Å²) in [4.78, 5) is 48.3. The first kappa shape index (κ1) is 51.1. The van der Waals surface area contributed by atoms with Crippen LogP contribution in [-0.4, -0.2) is 69.5 Å². The summed E-state index contributed by atoms with van der Waals surface area (Å²) in [6, 6.07) is 20.6. The van der Waals surface area contributed by atoms with E-state index in [0.717, 1.165) is 120 Å². The topological polar surface area (TPSA) is 157 Å². The van der Waals surface area contributed by atoms with Crippen molar-refractivity contribution in [3.63, 3.8) is 0 Å². The van der Waals surface area contributed by atoms with E-state index in [0.29, 0.717) is 80.7 Å². The number of hydrogen-bond acceptors (Lipinski definition) is 12. The number of nitrogens with one attached hydrogen (secondary N) is 1. The summed E-state index contributed by atoms with van der Waals surface area (Å²) in [7, 11) is 0. The lowest BCUT2D eigenvalue weighted by atomic mass is 9.79. The van der Waals surface area contributed by atoms with Gasteiger partial charge in [-0.05, 0) is 175 Å². The van der Waals surface area contributed by atoms with Crippen molar-refractivity contribution < 1.29 is 52.3 Å². The molecule has 2 aliphatic rings. The fraction of sp³-hybridized carbons (Fsp3) is 0.500. The first-order valence-corrected chi connectivity index (χ1v) is 23.9. The third kappa shape index (κ3) is 18.5. The smallest absolute Gasteiger partial charge is 0.330 e. The molecule has 5 rings (SSSR count). The maximum atomic E-state index is 13.2. The number of carbonyl (C=O) groups is 4. The van der Waals surface area contributed by atoms with Crippen molar-refractivity contribution in [2.24, 2.45) is 23.7 Å². The Bertz CT molecular complexity index is 1980. The van der Waals surface area contributed by atoms with Gasteiger partial charge in [-0.25, -0.2) is 9.59 Å². The molecule has 12 nitrogen and oxygen atoms in total.